The van der Waals surface area contributed by atoms with Crippen LogP contribution >= 0.6 is 11.8 Å². The zero-order chi connectivity index (χ0) is 13.1. The van der Waals surface area contributed by atoms with Crippen molar-refractivity contribution >= 4 is 11.8 Å². The van der Waals surface area contributed by atoms with E-state index in [9.17, 15) is 4.79 Å². The van der Waals surface area contributed by atoms with Gasteiger partial charge in [-0.2, -0.15) is 0 Å². The van der Waals surface area contributed by atoms with Gasteiger partial charge in [0.25, 0.3) is 0 Å². The van der Waals surface area contributed by atoms with E-state index in [2.05, 4.69) is 34.6 Å². The molecule has 0 saturated carbocycles. The van der Waals surface area contributed by atoms with E-state index in [1.807, 2.05) is 13.1 Å². The summed E-state index contributed by atoms with van der Waals surface area (Å²) in [5.41, 5.74) is 2.31. The number of hydrogen-bond acceptors (Lipinski definition) is 4. The smallest absolute Gasteiger partial charge is 0.316 e. The number of benzene rings is 1. The van der Waals surface area contributed by atoms with Crippen LogP contribution in [0, 0.1) is 6.92 Å². The molecule has 6 heteroatoms. The molecule has 0 amide bonds. The van der Waals surface area contributed by atoms with E-state index in [0.29, 0.717) is 5.16 Å². The Kier molecular flexibility index (Phi) is 3.88. The summed E-state index contributed by atoms with van der Waals surface area (Å²) in [4.78, 5) is 12.3. The minimum atomic E-state index is -0.193. The molecule has 2 rings (SSSR count). The van der Waals surface area contributed by atoms with Crippen molar-refractivity contribution in [1.29, 1.82) is 0 Å². The first-order valence-electron chi connectivity index (χ1n) is 5.65. The van der Waals surface area contributed by atoms with Gasteiger partial charge in [-0.1, -0.05) is 6.07 Å². The van der Waals surface area contributed by atoms with E-state index in [4.69, 9.17) is 0 Å². The Labute approximate surface area is 110 Å². The van der Waals surface area contributed by atoms with Gasteiger partial charge in [0.2, 0.25) is 0 Å². The number of aromatic nitrogens is 3. The van der Waals surface area contributed by atoms with Crippen molar-refractivity contribution in [3.8, 4) is 0 Å². The molecule has 0 bridgehead atoms. The summed E-state index contributed by atoms with van der Waals surface area (Å²) < 4.78 is 1.50. The van der Waals surface area contributed by atoms with E-state index in [1.54, 1.807) is 7.05 Å². The van der Waals surface area contributed by atoms with Gasteiger partial charge in [0.1, 0.15) is 0 Å². The van der Waals surface area contributed by atoms with Gasteiger partial charge in [-0.25, -0.2) is 9.89 Å². The molecule has 0 unspecified atom stereocenters. The molecule has 1 heterocycles. The number of nitrogens with one attached hydrogen (secondary N) is 2. The molecule has 0 radical (unpaired) electrons. The van der Waals surface area contributed by atoms with Crippen LogP contribution in [-0.4, -0.2) is 21.8 Å². The van der Waals surface area contributed by atoms with Gasteiger partial charge in [-0.3, -0.25) is 4.57 Å². The second kappa shape index (κ2) is 5.41. The molecule has 1 aromatic heterocycles. The van der Waals surface area contributed by atoms with Crippen molar-refractivity contribution in [2.75, 3.05) is 7.05 Å². The van der Waals surface area contributed by atoms with Crippen molar-refractivity contribution in [2.24, 2.45) is 7.05 Å². The van der Waals surface area contributed by atoms with Gasteiger partial charge >= 0.3 is 5.69 Å². The highest BCUT2D eigenvalue weighted by molar-refractivity contribution is 7.99. The topological polar surface area (TPSA) is 62.7 Å². The van der Waals surface area contributed by atoms with E-state index in [-0.39, 0.29) is 5.69 Å². The molecule has 2 aromatic rings. The van der Waals surface area contributed by atoms with Crippen molar-refractivity contribution in [1.82, 2.24) is 20.1 Å². The van der Waals surface area contributed by atoms with E-state index >= 15 is 0 Å². The van der Waals surface area contributed by atoms with Crippen molar-refractivity contribution < 1.29 is 0 Å². The van der Waals surface area contributed by atoms with Gasteiger partial charge in [-0.05, 0) is 49.0 Å². The minimum Gasteiger partial charge on any atom is -0.316 e. The molecular formula is C12H16N4OS. The number of H-pyrrole nitrogens is 1. The molecule has 0 aliphatic rings. The molecule has 0 saturated heterocycles. The summed E-state index contributed by atoms with van der Waals surface area (Å²) in [7, 11) is 3.64. The maximum Gasteiger partial charge on any atom is 0.343 e. The van der Waals surface area contributed by atoms with Crippen LogP contribution in [0.3, 0.4) is 0 Å². The molecule has 0 aliphatic carbocycles. The molecule has 0 atom stereocenters. The third-order valence-corrected chi connectivity index (χ3v) is 3.77. The predicted octanol–water partition coefficient (Wildman–Crippen LogP) is 1.29. The zero-order valence-corrected chi connectivity index (χ0v) is 11.5. The summed E-state index contributed by atoms with van der Waals surface area (Å²) in [5.74, 6) is 0. The average molecular weight is 264 g/mol. The molecule has 5 nitrogen and oxygen atoms in total. The Balaban J connectivity index is 2.22. The first-order valence-corrected chi connectivity index (χ1v) is 6.47. The van der Waals surface area contributed by atoms with Crippen molar-refractivity contribution in [2.45, 2.75) is 23.5 Å². The van der Waals surface area contributed by atoms with Gasteiger partial charge in [0.15, 0.2) is 5.16 Å². The molecule has 18 heavy (non-hydrogen) atoms. The predicted molar refractivity (Wildman–Crippen MR) is 71.9 cm³/mol. The molecule has 0 spiro atoms. The van der Waals surface area contributed by atoms with Gasteiger partial charge in [-0.15, -0.1) is 5.10 Å². The lowest BCUT2D eigenvalue weighted by Crippen LogP contribution is -2.12. The molecule has 96 valence electrons. The largest absolute Gasteiger partial charge is 0.343 e. The van der Waals surface area contributed by atoms with Gasteiger partial charge < -0.3 is 5.32 Å². The summed E-state index contributed by atoms with van der Waals surface area (Å²) in [6.07, 6.45) is 0. The first kappa shape index (κ1) is 12.9. The van der Waals surface area contributed by atoms with E-state index in [0.717, 1.165) is 11.4 Å². The molecule has 0 fully saturated rings. The lowest BCUT2D eigenvalue weighted by atomic mass is 10.1. The molecule has 2 N–H and O–H groups in total. The van der Waals surface area contributed by atoms with Crippen LogP contribution in [-0.2, 0) is 13.6 Å². The van der Waals surface area contributed by atoms with E-state index in [1.165, 1.54) is 27.5 Å². The van der Waals surface area contributed by atoms with Crippen LogP contribution in [0.5, 0.6) is 0 Å². The zero-order valence-electron chi connectivity index (χ0n) is 10.7. The Morgan fingerprint density at radius 1 is 1.50 bits per heavy atom. The summed E-state index contributed by atoms with van der Waals surface area (Å²) in [5, 5.41) is 10.2. The fraction of sp³-hybridized carbons (Fsp3) is 0.333. The van der Waals surface area contributed by atoms with Crippen LogP contribution in [0.15, 0.2) is 33.0 Å². The second-order valence-corrected chi connectivity index (χ2v) is 5.13. The van der Waals surface area contributed by atoms with Crippen molar-refractivity contribution in [3.63, 3.8) is 0 Å². The lowest BCUT2D eigenvalue weighted by molar-refractivity contribution is 0.765. The normalized spacial score (nSPS) is 10.8. The highest BCUT2D eigenvalue weighted by Crippen LogP contribution is 2.26. The van der Waals surface area contributed by atoms with Crippen LogP contribution in [0.25, 0.3) is 0 Å². The fourth-order valence-corrected chi connectivity index (χ4v) is 2.54. The standard InChI is InChI=1S/C12H16N4OS/c1-8-6-10(5-4-9(8)7-13-2)18-12-15-14-11(17)16(12)3/h4-6,13H,7H2,1-3H3,(H,14,17). The number of nitrogens with zero attached hydrogens (tertiary/aromatic N) is 2. The van der Waals surface area contributed by atoms with Gasteiger partial charge in [0.05, 0.1) is 0 Å². The monoisotopic (exact) mass is 264 g/mol. The minimum absolute atomic E-state index is 0.193. The SMILES string of the molecule is CNCc1ccc(Sc2n[nH]c(=O)n2C)cc1C. The van der Waals surface area contributed by atoms with E-state index < -0.39 is 0 Å². The molecular weight excluding hydrogens is 248 g/mol. The Hall–Kier alpha value is -1.53. The van der Waals surface area contributed by atoms with Crippen LogP contribution in [0.1, 0.15) is 11.1 Å². The summed E-state index contributed by atoms with van der Waals surface area (Å²) in [6, 6.07) is 6.25. The maximum atomic E-state index is 11.3. The highest BCUT2D eigenvalue weighted by Gasteiger charge is 2.07. The van der Waals surface area contributed by atoms with Crippen LogP contribution in [0.4, 0.5) is 0 Å². The maximum absolute atomic E-state index is 11.3. The Morgan fingerprint density at radius 3 is 2.83 bits per heavy atom. The number of rotatable bonds is 4. The highest BCUT2D eigenvalue weighted by atomic mass is 32.2. The number of aryl methyl sites for hydroxylation is 1. The third-order valence-electron chi connectivity index (χ3n) is 2.73. The third kappa shape index (κ3) is 2.65. The number of hydrogen-bond donors (Lipinski definition) is 2. The molecule has 1 aromatic carbocycles. The Bertz CT molecular complexity index is 602. The number of aromatic amines is 1. The van der Waals surface area contributed by atoms with Crippen LogP contribution in [0.2, 0.25) is 0 Å². The summed E-state index contributed by atoms with van der Waals surface area (Å²) >= 11 is 1.48. The van der Waals surface area contributed by atoms with Crippen LogP contribution < -0.4 is 11.0 Å². The summed E-state index contributed by atoms with van der Waals surface area (Å²) in [6.45, 7) is 2.94. The fourth-order valence-electron chi connectivity index (χ4n) is 1.65. The quantitative estimate of drug-likeness (QED) is 0.873. The second-order valence-electron chi connectivity index (χ2n) is 4.09. The van der Waals surface area contributed by atoms with Crippen molar-refractivity contribution in [3.05, 3.63) is 39.8 Å². The first-order chi connectivity index (χ1) is 8.61. The molecule has 0 aliphatic heterocycles. The average Bonchev–Trinajstić information content (AvgIpc) is 2.65. The Morgan fingerprint density at radius 2 is 2.28 bits per heavy atom. The van der Waals surface area contributed by atoms with Gasteiger partial charge in [0, 0.05) is 18.5 Å². The lowest BCUT2D eigenvalue weighted by Gasteiger charge is -2.07.